The van der Waals surface area contributed by atoms with Crippen molar-refractivity contribution in [2.75, 3.05) is 14.1 Å². The second kappa shape index (κ2) is 5.39. The number of amides is 1. The van der Waals surface area contributed by atoms with Crippen molar-refractivity contribution in [2.24, 2.45) is 0 Å². The molecule has 1 aliphatic rings. The summed E-state index contributed by atoms with van der Waals surface area (Å²) in [5.74, 6) is -0.0902. The summed E-state index contributed by atoms with van der Waals surface area (Å²) in [6.07, 6.45) is 3.90. The fourth-order valence-electron chi connectivity index (χ4n) is 2.75. The molecule has 23 heavy (non-hydrogen) atoms. The van der Waals surface area contributed by atoms with Crippen molar-refractivity contribution in [1.82, 2.24) is 14.4 Å². The molecule has 1 amide bonds. The van der Waals surface area contributed by atoms with Crippen molar-refractivity contribution < 1.29 is 9.59 Å². The molecule has 1 saturated heterocycles. The van der Waals surface area contributed by atoms with Gasteiger partial charge in [0.25, 0.3) is 5.91 Å². The van der Waals surface area contributed by atoms with Crippen LogP contribution in [0.25, 0.3) is 17.0 Å². The van der Waals surface area contributed by atoms with Gasteiger partial charge in [-0.2, -0.15) is 0 Å². The summed E-state index contributed by atoms with van der Waals surface area (Å²) in [6.45, 7) is 1.82. The number of benzene rings is 1. The van der Waals surface area contributed by atoms with E-state index in [4.69, 9.17) is 5.41 Å². The van der Waals surface area contributed by atoms with E-state index in [1.165, 1.54) is 9.80 Å². The fraction of sp³-hybridized carbons (Fsp3) is 0.235. The van der Waals surface area contributed by atoms with E-state index in [0.29, 0.717) is 12.1 Å². The molecule has 2 aromatic rings. The summed E-state index contributed by atoms with van der Waals surface area (Å²) >= 11 is 0. The van der Waals surface area contributed by atoms with Crippen molar-refractivity contribution in [1.29, 1.82) is 5.41 Å². The third-order valence-electron chi connectivity index (χ3n) is 4.13. The number of nitrogens with one attached hydrogen (secondary N) is 1. The van der Waals surface area contributed by atoms with Gasteiger partial charge in [-0.1, -0.05) is 25.1 Å². The van der Waals surface area contributed by atoms with Gasteiger partial charge in [0.2, 0.25) is 11.9 Å². The van der Waals surface area contributed by atoms with Crippen LogP contribution in [0, 0.1) is 5.41 Å². The average molecular weight is 310 g/mol. The number of likely N-dealkylation sites (N-methyl/N-ethyl adjacent to an activating group) is 2. The first-order valence-corrected chi connectivity index (χ1v) is 7.41. The third-order valence-corrected chi connectivity index (χ3v) is 4.13. The maximum Gasteiger partial charge on any atom is 0.277 e. The number of hydrogen-bond donors (Lipinski definition) is 1. The van der Waals surface area contributed by atoms with Crippen molar-refractivity contribution in [3.05, 3.63) is 41.7 Å². The SMILES string of the molecule is CCC(=O)n1cc(C=C2C(=O)N(C)C(=N)N2C)c2ccccc21. The molecule has 0 spiro atoms. The summed E-state index contributed by atoms with van der Waals surface area (Å²) in [5, 5.41) is 8.79. The van der Waals surface area contributed by atoms with Gasteiger partial charge in [-0.25, -0.2) is 0 Å². The molecule has 0 saturated carbocycles. The molecular weight excluding hydrogens is 292 g/mol. The molecule has 6 nitrogen and oxygen atoms in total. The number of aromatic nitrogens is 1. The number of hydrogen-bond acceptors (Lipinski definition) is 3. The number of para-hydroxylation sites is 1. The minimum atomic E-state index is -0.226. The lowest BCUT2D eigenvalue weighted by Gasteiger charge is -2.10. The molecule has 0 radical (unpaired) electrons. The first-order chi connectivity index (χ1) is 11.0. The maximum absolute atomic E-state index is 12.3. The highest BCUT2D eigenvalue weighted by Gasteiger charge is 2.33. The summed E-state index contributed by atoms with van der Waals surface area (Å²) in [7, 11) is 3.26. The Morgan fingerprint density at radius 2 is 1.91 bits per heavy atom. The monoisotopic (exact) mass is 310 g/mol. The van der Waals surface area contributed by atoms with Gasteiger partial charge < -0.3 is 4.90 Å². The van der Waals surface area contributed by atoms with Crippen LogP contribution < -0.4 is 0 Å². The second-order valence-electron chi connectivity index (χ2n) is 5.50. The molecule has 3 rings (SSSR count). The van der Waals surface area contributed by atoms with Gasteiger partial charge in [-0.3, -0.25) is 24.5 Å². The second-order valence-corrected chi connectivity index (χ2v) is 5.50. The standard InChI is InChI=1S/C17H18N4O2/c1-4-15(22)21-10-11(12-7-5-6-8-13(12)21)9-14-16(23)20(3)17(18)19(14)2/h5-10,18H,4H2,1-3H3. The summed E-state index contributed by atoms with van der Waals surface area (Å²) in [4.78, 5) is 27.2. The average Bonchev–Trinajstić information content (AvgIpc) is 3.02. The lowest BCUT2D eigenvalue weighted by atomic mass is 10.1. The number of guanidine groups is 1. The normalized spacial score (nSPS) is 16.9. The number of fused-ring (bicyclic) bond motifs is 1. The zero-order valence-corrected chi connectivity index (χ0v) is 13.3. The minimum absolute atomic E-state index is 0.00168. The molecular formula is C17H18N4O2. The molecule has 118 valence electrons. The van der Waals surface area contributed by atoms with Crippen LogP contribution in [0.15, 0.2) is 36.2 Å². The molecule has 0 aliphatic carbocycles. The Morgan fingerprint density at radius 1 is 1.22 bits per heavy atom. The van der Waals surface area contributed by atoms with Gasteiger partial charge >= 0.3 is 0 Å². The summed E-state index contributed by atoms with van der Waals surface area (Å²) in [5.41, 5.74) is 2.03. The minimum Gasteiger partial charge on any atom is -0.311 e. The predicted octanol–water partition coefficient (Wildman–Crippen LogP) is 2.37. The maximum atomic E-state index is 12.3. The van der Waals surface area contributed by atoms with E-state index in [0.717, 1.165) is 16.5 Å². The van der Waals surface area contributed by atoms with E-state index in [1.54, 1.807) is 30.9 Å². The van der Waals surface area contributed by atoms with Crippen LogP contribution in [-0.4, -0.2) is 46.2 Å². The Morgan fingerprint density at radius 3 is 2.52 bits per heavy atom. The molecule has 1 aromatic heterocycles. The van der Waals surface area contributed by atoms with E-state index in [2.05, 4.69) is 0 Å². The molecule has 1 fully saturated rings. The number of nitrogens with zero attached hydrogens (tertiary/aromatic N) is 3. The van der Waals surface area contributed by atoms with Crippen LogP contribution in [0.2, 0.25) is 0 Å². The largest absolute Gasteiger partial charge is 0.311 e. The zero-order chi connectivity index (χ0) is 16.7. The van der Waals surface area contributed by atoms with E-state index < -0.39 is 0 Å². The third kappa shape index (κ3) is 2.23. The van der Waals surface area contributed by atoms with E-state index in [-0.39, 0.29) is 17.8 Å². The van der Waals surface area contributed by atoms with Crippen molar-refractivity contribution in [3.8, 4) is 0 Å². The summed E-state index contributed by atoms with van der Waals surface area (Å²) in [6, 6.07) is 7.60. The molecule has 0 atom stereocenters. The van der Waals surface area contributed by atoms with Crippen molar-refractivity contribution >= 4 is 34.8 Å². The number of carbonyl (C=O) groups excluding carboxylic acids is 2. The fourth-order valence-corrected chi connectivity index (χ4v) is 2.75. The molecule has 1 N–H and O–H groups in total. The van der Waals surface area contributed by atoms with Crippen molar-refractivity contribution in [3.63, 3.8) is 0 Å². The molecule has 1 aliphatic heterocycles. The molecule has 1 aromatic carbocycles. The lowest BCUT2D eigenvalue weighted by molar-refractivity contribution is -0.121. The molecule has 2 heterocycles. The Balaban J connectivity index is 2.18. The van der Waals surface area contributed by atoms with Gasteiger partial charge in [0.05, 0.1) is 5.52 Å². The summed E-state index contributed by atoms with van der Waals surface area (Å²) < 4.78 is 1.62. The van der Waals surface area contributed by atoms with Gasteiger partial charge in [-0.15, -0.1) is 0 Å². The number of rotatable bonds is 2. The Labute approximate surface area is 134 Å². The van der Waals surface area contributed by atoms with Crippen LogP contribution in [-0.2, 0) is 4.79 Å². The highest BCUT2D eigenvalue weighted by atomic mass is 16.2. The van der Waals surface area contributed by atoms with Crippen LogP contribution in [0.1, 0.15) is 23.7 Å². The van der Waals surface area contributed by atoms with Crippen LogP contribution >= 0.6 is 0 Å². The molecule has 0 bridgehead atoms. The molecule has 0 unspecified atom stereocenters. The quantitative estimate of drug-likeness (QED) is 0.866. The van der Waals surface area contributed by atoms with Gasteiger partial charge in [0.15, 0.2) is 0 Å². The van der Waals surface area contributed by atoms with Crippen LogP contribution in [0.4, 0.5) is 0 Å². The highest BCUT2D eigenvalue weighted by molar-refractivity contribution is 6.15. The van der Waals surface area contributed by atoms with Crippen LogP contribution in [0.5, 0.6) is 0 Å². The zero-order valence-electron chi connectivity index (χ0n) is 13.3. The molecule has 6 heteroatoms. The van der Waals surface area contributed by atoms with Crippen molar-refractivity contribution in [2.45, 2.75) is 13.3 Å². The highest BCUT2D eigenvalue weighted by Crippen LogP contribution is 2.26. The van der Waals surface area contributed by atoms with Crippen LogP contribution in [0.3, 0.4) is 0 Å². The van der Waals surface area contributed by atoms with E-state index in [9.17, 15) is 9.59 Å². The van der Waals surface area contributed by atoms with Gasteiger partial charge in [0.1, 0.15) is 5.70 Å². The Hall–Kier alpha value is -2.89. The van der Waals surface area contributed by atoms with E-state index >= 15 is 0 Å². The smallest absolute Gasteiger partial charge is 0.277 e. The lowest BCUT2D eigenvalue weighted by Crippen LogP contribution is -2.27. The van der Waals surface area contributed by atoms with E-state index in [1.807, 2.05) is 31.2 Å². The Kier molecular flexibility index (Phi) is 3.52. The topological polar surface area (TPSA) is 69.4 Å². The van der Waals surface area contributed by atoms with Gasteiger partial charge in [0, 0.05) is 37.7 Å². The van der Waals surface area contributed by atoms with Gasteiger partial charge in [-0.05, 0) is 12.1 Å². The first-order valence-electron chi connectivity index (χ1n) is 7.41. The Bertz CT molecular complexity index is 863. The first kappa shape index (κ1) is 15.0. The number of carbonyl (C=O) groups is 2. The predicted molar refractivity (Wildman–Crippen MR) is 89.1 cm³/mol.